The molecular weight excluding hydrogens is 520 g/mol. The molecule has 39 heavy (non-hydrogen) atoms. The summed E-state index contributed by atoms with van der Waals surface area (Å²) in [5.41, 5.74) is 0.946. The summed E-state index contributed by atoms with van der Waals surface area (Å²) in [4.78, 5) is 44.1. The Morgan fingerprint density at radius 1 is 1.13 bits per heavy atom. The van der Waals surface area contributed by atoms with Gasteiger partial charge in [0.1, 0.15) is 11.9 Å². The lowest BCUT2D eigenvalue weighted by Gasteiger charge is -2.32. The van der Waals surface area contributed by atoms with Crippen LogP contribution in [0.1, 0.15) is 61.4 Å². The Morgan fingerprint density at radius 3 is 2.54 bits per heavy atom. The molecule has 1 aliphatic carbocycles. The largest absolute Gasteiger partial charge is 0.381 e. The second-order valence-corrected chi connectivity index (χ2v) is 13.0. The molecule has 1 aromatic carbocycles. The van der Waals surface area contributed by atoms with Gasteiger partial charge < -0.3 is 20.7 Å². The second kappa shape index (κ2) is 10.7. The van der Waals surface area contributed by atoms with Crippen LogP contribution in [0.4, 0.5) is 11.5 Å². The van der Waals surface area contributed by atoms with Crippen LogP contribution in [0.15, 0.2) is 41.4 Å². The normalized spacial score (nSPS) is 23.0. The molecule has 3 N–H and O–H groups in total. The highest BCUT2D eigenvalue weighted by Crippen LogP contribution is 2.44. The molecule has 1 aromatic heterocycles. The van der Waals surface area contributed by atoms with Crippen molar-refractivity contribution in [3.8, 4) is 0 Å². The van der Waals surface area contributed by atoms with Crippen LogP contribution in [0.5, 0.6) is 0 Å². The number of benzene rings is 1. The lowest BCUT2D eigenvalue weighted by atomic mass is 9.76. The van der Waals surface area contributed by atoms with Crippen LogP contribution in [0.2, 0.25) is 0 Å². The van der Waals surface area contributed by atoms with E-state index in [0.29, 0.717) is 37.7 Å². The molecule has 2 fully saturated rings. The van der Waals surface area contributed by atoms with Gasteiger partial charge in [-0.15, -0.1) is 0 Å². The summed E-state index contributed by atoms with van der Waals surface area (Å²) in [6.45, 7) is 3.17. The number of rotatable bonds is 6. The molecule has 11 heteroatoms. The summed E-state index contributed by atoms with van der Waals surface area (Å²) < 4.78 is 29.4. The fourth-order valence-electron chi connectivity index (χ4n) is 5.90. The fourth-order valence-corrected chi connectivity index (χ4v) is 6.57. The lowest BCUT2D eigenvalue weighted by molar-refractivity contribution is -0.124. The molecule has 2 aromatic rings. The molecule has 1 saturated heterocycles. The van der Waals surface area contributed by atoms with Crippen LogP contribution in [0.25, 0.3) is 0 Å². The van der Waals surface area contributed by atoms with Crippen LogP contribution in [0, 0.1) is 11.8 Å². The van der Waals surface area contributed by atoms with Crippen LogP contribution in [-0.4, -0.2) is 56.6 Å². The molecule has 10 nitrogen and oxygen atoms in total. The van der Waals surface area contributed by atoms with Crippen LogP contribution in [-0.2, 0) is 29.6 Å². The van der Waals surface area contributed by atoms with E-state index in [1.165, 1.54) is 24.3 Å². The van der Waals surface area contributed by atoms with Crippen LogP contribution in [0.3, 0.4) is 0 Å². The number of pyridine rings is 1. The van der Waals surface area contributed by atoms with Crippen LogP contribution >= 0.6 is 0 Å². The summed E-state index contributed by atoms with van der Waals surface area (Å²) in [5.74, 6) is -0.251. The smallest absolute Gasteiger partial charge is 0.251 e. The standard InChI is InChI=1S/C28H34N4O6S/c1-17-6-8-18(9-7-17)24(32-25(33)19-4-3-5-20(14-19)39(2,36)37)26(34)31-23-15-22-21(16-29-23)28(27(35)30-22)10-12-38-13-11-28/h3-5,14-18,24H,6-13H2,1-2H3,(H,30,35)(H,32,33)(H,29,31,34). The van der Waals surface area contributed by atoms with E-state index < -0.39 is 33.1 Å². The van der Waals surface area contributed by atoms with Gasteiger partial charge in [0.25, 0.3) is 5.91 Å². The quantitative estimate of drug-likeness (QED) is 0.498. The summed E-state index contributed by atoms with van der Waals surface area (Å²) in [7, 11) is -3.49. The molecule has 3 heterocycles. The zero-order chi connectivity index (χ0) is 27.8. The predicted molar refractivity (Wildman–Crippen MR) is 145 cm³/mol. The minimum atomic E-state index is -3.49. The monoisotopic (exact) mass is 554 g/mol. The van der Waals surface area contributed by atoms with Gasteiger partial charge in [-0.3, -0.25) is 14.4 Å². The summed E-state index contributed by atoms with van der Waals surface area (Å²) in [6, 6.07) is 6.61. The second-order valence-electron chi connectivity index (χ2n) is 11.0. The molecule has 3 amide bonds. The van der Waals surface area contributed by atoms with Crippen molar-refractivity contribution < 1.29 is 27.5 Å². The van der Waals surface area contributed by atoms with Crippen LogP contribution < -0.4 is 16.0 Å². The van der Waals surface area contributed by atoms with Gasteiger partial charge in [0.05, 0.1) is 16.0 Å². The maximum atomic E-state index is 13.6. The van der Waals surface area contributed by atoms with E-state index in [-0.39, 0.29) is 28.1 Å². The predicted octanol–water partition coefficient (Wildman–Crippen LogP) is 3.05. The highest BCUT2D eigenvalue weighted by molar-refractivity contribution is 7.90. The first-order chi connectivity index (χ1) is 18.6. The van der Waals surface area contributed by atoms with Crippen molar-refractivity contribution in [2.75, 3.05) is 30.1 Å². The number of nitrogens with one attached hydrogen (secondary N) is 3. The Bertz CT molecular complexity index is 1390. The maximum Gasteiger partial charge on any atom is 0.251 e. The molecule has 2 aliphatic heterocycles. The SMILES string of the molecule is CC1CCC(C(NC(=O)c2cccc(S(C)(=O)=O)c2)C(=O)Nc2cc3c(cn2)C2(CCOCC2)C(=O)N3)CC1. The first-order valence-corrected chi connectivity index (χ1v) is 15.3. The third-order valence-electron chi connectivity index (χ3n) is 8.33. The van der Waals surface area contributed by atoms with Gasteiger partial charge in [-0.25, -0.2) is 13.4 Å². The molecule has 1 spiro atoms. The Hall–Kier alpha value is -3.31. The first kappa shape index (κ1) is 27.3. The number of amides is 3. The van der Waals surface area contributed by atoms with Gasteiger partial charge in [0, 0.05) is 42.9 Å². The zero-order valence-corrected chi connectivity index (χ0v) is 23.0. The third-order valence-corrected chi connectivity index (χ3v) is 9.44. The van der Waals surface area contributed by atoms with E-state index in [2.05, 4.69) is 27.9 Å². The highest BCUT2D eigenvalue weighted by atomic mass is 32.2. The molecule has 1 unspecified atom stereocenters. The number of carbonyl (C=O) groups is 3. The Labute approximate surface area is 228 Å². The van der Waals surface area contributed by atoms with E-state index in [0.717, 1.165) is 37.5 Å². The number of nitrogens with zero attached hydrogens (tertiary/aromatic N) is 1. The van der Waals surface area contributed by atoms with Gasteiger partial charge in [-0.2, -0.15) is 0 Å². The topological polar surface area (TPSA) is 144 Å². The molecule has 0 radical (unpaired) electrons. The third kappa shape index (κ3) is 5.56. The number of ether oxygens (including phenoxy) is 1. The van der Waals surface area contributed by atoms with E-state index >= 15 is 0 Å². The number of hydrogen-bond donors (Lipinski definition) is 3. The van der Waals surface area contributed by atoms with Crippen molar-refractivity contribution in [3.63, 3.8) is 0 Å². The molecule has 0 bridgehead atoms. The van der Waals surface area contributed by atoms with Crippen molar-refractivity contribution in [2.45, 2.75) is 61.8 Å². The molecule has 208 valence electrons. The van der Waals surface area contributed by atoms with Gasteiger partial charge in [-0.05, 0) is 55.7 Å². The zero-order valence-electron chi connectivity index (χ0n) is 22.2. The van der Waals surface area contributed by atoms with Gasteiger partial charge in [-0.1, -0.05) is 25.8 Å². The minimum absolute atomic E-state index is 0.0364. The van der Waals surface area contributed by atoms with Gasteiger partial charge in [0.15, 0.2) is 9.84 Å². The summed E-state index contributed by atoms with van der Waals surface area (Å²) >= 11 is 0. The number of anilines is 2. The number of fused-ring (bicyclic) bond motifs is 2. The average Bonchev–Trinajstić information content (AvgIpc) is 3.17. The minimum Gasteiger partial charge on any atom is -0.381 e. The number of carbonyl (C=O) groups excluding carboxylic acids is 3. The van der Waals surface area contributed by atoms with Gasteiger partial charge >= 0.3 is 0 Å². The van der Waals surface area contributed by atoms with Crippen molar-refractivity contribution in [1.29, 1.82) is 0 Å². The first-order valence-electron chi connectivity index (χ1n) is 13.4. The van der Waals surface area contributed by atoms with Crippen molar-refractivity contribution in [1.82, 2.24) is 10.3 Å². The molecular formula is C28H34N4O6S. The van der Waals surface area contributed by atoms with E-state index in [4.69, 9.17) is 4.74 Å². The van der Waals surface area contributed by atoms with Crippen molar-refractivity contribution in [2.24, 2.45) is 11.8 Å². The number of sulfone groups is 1. The number of aromatic nitrogens is 1. The van der Waals surface area contributed by atoms with E-state index in [1.54, 1.807) is 12.3 Å². The van der Waals surface area contributed by atoms with E-state index in [9.17, 15) is 22.8 Å². The molecule has 1 saturated carbocycles. The van der Waals surface area contributed by atoms with E-state index in [1.807, 2.05) is 0 Å². The van der Waals surface area contributed by atoms with Crippen molar-refractivity contribution >= 4 is 39.1 Å². The highest BCUT2D eigenvalue weighted by Gasteiger charge is 2.48. The Balaban J connectivity index is 1.36. The fraction of sp³-hybridized carbons (Fsp3) is 0.500. The summed E-state index contributed by atoms with van der Waals surface area (Å²) in [5, 5.41) is 8.64. The molecule has 3 aliphatic rings. The number of hydrogen-bond acceptors (Lipinski definition) is 7. The lowest BCUT2D eigenvalue weighted by Crippen LogP contribution is -2.49. The summed E-state index contributed by atoms with van der Waals surface area (Å²) in [6.07, 6.45) is 7.33. The van der Waals surface area contributed by atoms with Gasteiger partial charge in [0.2, 0.25) is 11.8 Å². The Morgan fingerprint density at radius 2 is 1.85 bits per heavy atom. The maximum absolute atomic E-state index is 13.6. The Kier molecular flexibility index (Phi) is 7.47. The average molecular weight is 555 g/mol. The molecule has 1 atom stereocenters. The van der Waals surface area contributed by atoms with Crippen molar-refractivity contribution in [3.05, 3.63) is 47.7 Å². The molecule has 5 rings (SSSR count).